The molecule has 0 spiro atoms. The van der Waals surface area contributed by atoms with E-state index in [2.05, 4.69) is 36.4 Å². The fourth-order valence-corrected chi connectivity index (χ4v) is 4.86. The number of benzene rings is 3. The van der Waals surface area contributed by atoms with Crippen LogP contribution in [0.3, 0.4) is 0 Å². The van der Waals surface area contributed by atoms with Crippen LogP contribution < -0.4 is 0 Å². The first-order valence-electron chi connectivity index (χ1n) is 9.77. The Morgan fingerprint density at radius 3 is 1.90 bits per heavy atom. The Morgan fingerprint density at radius 1 is 0.800 bits per heavy atom. The predicted molar refractivity (Wildman–Crippen MR) is 125 cm³/mol. The number of hydrogen-bond donors (Lipinski definition) is 0. The van der Waals surface area contributed by atoms with Crippen molar-refractivity contribution in [3.05, 3.63) is 108 Å². The van der Waals surface area contributed by atoms with Gasteiger partial charge in [-0.05, 0) is 11.1 Å². The fourth-order valence-electron chi connectivity index (χ4n) is 3.12. The van der Waals surface area contributed by atoms with Gasteiger partial charge in [0.2, 0.25) is 5.91 Å². The molecule has 3 nitrogen and oxygen atoms in total. The molecule has 0 unspecified atom stereocenters. The van der Waals surface area contributed by atoms with Crippen molar-refractivity contribution in [1.29, 1.82) is 0 Å². The first-order valence-corrected chi connectivity index (χ1v) is 11.6. The minimum absolute atomic E-state index is 0.115. The zero-order chi connectivity index (χ0) is 20.6. The lowest BCUT2D eigenvalue weighted by molar-refractivity contribution is -0.129. The van der Waals surface area contributed by atoms with Gasteiger partial charge in [0.05, 0.1) is 11.4 Å². The van der Waals surface area contributed by atoms with Gasteiger partial charge >= 0.3 is 0 Å². The number of rotatable bonds is 8. The summed E-state index contributed by atoms with van der Waals surface area (Å²) in [7, 11) is 0. The minimum atomic E-state index is 0.115. The molecule has 0 aliphatic rings. The minimum Gasteiger partial charge on any atom is -0.333 e. The van der Waals surface area contributed by atoms with Crippen molar-refractivity contribution in [3.8, 4) is 11.3 Å². The van der Waals surface area contributed by atoms with Gasteiger partial charge in [-0.2, -0.15) is 0 Å². The second-order valence-corrected chi connectivity index (χ2v) is 8.95. The zero-order valence-electron chi connectivity index (χ0n) is 16.5. The van der Waals surface area contributed by atoms with Gasteiger partial charge in [-0.15, -0.1) is 11.3 Å². The lowest BCUT2D eigenvalue weighted by Crippen LogP contribution is -2.31. The topological polar surface area (TPSA) is 33.2 Å². The van der Waals surface area contributed by atoms with Crippen LogP contribution in [0.25, 0.3) is 11.3 Å². The first-order chi connectivity index (χ1) is 14.8. The third-order valence-electron chi connectivity index (χ3n) is 4.66. The number of carbonyl (C=O) groups is 1. The normalized spacial score (nSPS) is 10.7. The summed E-state index contributed by atoms with van der Waals surface area (Å²) in [5.74, 6) is 0.491. The van der Waals surface area contributed by atoms with Crippen molar-refractivity contribution in [2.75, 3.05) is 5.75 Å². The van der Waals surface area contributed by atoms with Crippen LogP contribution in [0.2, 0.25) is 0 Å². The molecule has 5 heteroatoms. The van der Waals surface area contributed by atoms with E-state index in [4.69, 9.17) is 4.98 Å². The summed E-state index contributed by atoms with van der Waals surface area (Å²) in [5.41, 5.74) is 4.32. The highest BCUT2D eigenvalue weighted by molar-refractivity contribution is 8.01. The number of carbonyl (C=O) groups excluding carboxylic acids is 1. The Morgan fingerprint density at radius 2 is 1.33 bits per heavy atom. The summed E-state index contributed by atoms with van der Waals surface area (Å²) < 4.78 is 0.918. The van der Waals surface area contributed by atoms with Crippen molar-refractivity contribution in [3.63, 3.8) is 0 Å². The highest BCUT2D eigenvalue weighted by Crippen LogP contribution is 2.28. The molecule has 1 heterocycles. The van der Waals surface area contributed by atoms with Gasteiger partial charge in [0.1, 0.15) is 0 Å². The van der Waals surface area contributed by atoms with Crippen LogP contribution in [0.1, 0.15) is 11.1 Å². The van der Waals surface area contributed by atoms with Crippen molar-refractivity contribution in [2.45, 2.75) is 17.4 Å². The van der Waals surface area contributed by atoms with Gasteiger partial charge in [0.25, 0.3) is 0 Å². The average Bonchev–Trinajstić information content (AvgIpc) is 3.28. The summed E-state index contributed by atoms with van der Waals surface area (Å²) in [6, 6.07) is 30.4. The van der Waals surface area contributed by atoms with Gasteiger partial charge in [-0.3, -0.25) is 4.79 Å². The number of hydrogen-bond acceptors (Lipinski definition) is 4. The van der Waals surface area contributed by atoms with Crippen molar-refractivity contribution >= 4 is 29.0 Å². The van der Waals surface area contributed by atoms with Gasteiger partial charge in [-0.1, -0.05) is 103 Å². The monoisotopic (exact) mass is 430 g/mol. The molecule has 0 aliphatic heterocycles. The average molecular weight is 431 g/mol. The molecule has 0 saturated heterocycles. The van der Waals surface area contributed by atoms with E-state index in [1.54, 1.807) is 11.3 Å². The van der Waals surface area contributed by atoms with E-state index >= 15 is 0 Å². The molecule has 1 amide bonds. The second kappa shape index (κ2) is 10.2. The number of amides is 1. The molecule has 0 N–H and O–H groups in total. The van der Waals surface area contributed by atoms with Gasteiger partial charge < -0.3 is 4.90 Å². The number of nitrogens with zero attached hydrogens (tertiary/aromatic N) is 2. The van der Waals surface area contributed by atoms with Gasteiger partial charge in [0.15, 0.2) is 4.34 Å². The zero-order valence-corrected chi connectivity index (χ0v) is 18.1. The molecule has 0 fully saturated rings. The summed E-state index contributed by atoms with van der Waals surface area (Å²) in [6.45, 7) is 1.20. The highest BCUT2D eigenvalue weighted by Gasteiger charge is 2.16. The summed E-state index contributed by atoms with van der Waals surface area (Å²) in [6.07, 6.45) is 0. The molecule has 150 valence electrons. The van der Waals surface area contributed by atoms with Gasteiger partial charge in [0, 0.05) is 24.0 Å². The van der Waals surface area contributed by atoms with Crippen molar-refractivity contribution in [1.82, 2.24) is 9.88 Å². The maximum absolute atomic E-state index is 13.1. The third-order valence-corrected chi connectivity index (χ3v) is 6.66. The SMILES string of the molecule is O=C(CSc1nc(-c2ccccc2)cs1)N(Cc1ccccc1)Cc1ccccc1. The molecular formula is C25H22N2OS2. The molecular weight excluding hydrogens is 408 g/mol. The summed E-state index contributed by atoms with van der Waals surface area (Å²) in [4.78, 5) is 19.7. The molecule has 0 bridgehead atoms. The largest absolute Gasteiger partial charge is 0.333 e. The van der Waals surface area contributed by atoms with E-state index < -0.39 is 0 Å². The van der Waals surface area contributed by atoms with E-state index in [1.807, 2.05) is 64.9 Å². The molecule has 0 radical (unpaired) electrons. The van der Waals surface area contributed by atoms with Crippen LogP contribution in [0.5, 0.6) is 0 Å². The molecule has 3 aromatic carbocycles. The van der Waals surface area contributed by atoms with E-state index in [-0.39, 0.29) is 5.91 Å². The fraction of sp³-hybridized carbons (Fsp3) is 0.120. The number of aromatic nitrogens is 1. The number of thiazole rings is 1. The van der Waals surface area contributed by atoms with E-state index in [0.29, 0.717) is 18.8 Å². The Labute approximate surface area is 185 Å². The maximum atomic E-state index is 13.1. The third kappa shape index (κ3) is 5.59. The first kappa shape index (κ1) is 20.4. The molecule has 4 aromatic rings. The second-order valence-electron chi connectivity index (χ2n) is 6.87. The molecule has 1 aromatic heterocycles. The Bertz CT molecular complexity index is 1020. The van der Waals surface area contributed by atoms with Crippen LogP contribution in [0, 0.1) is 0 Å². The van der Waals surface area contributed by atoms with Crippen molar-refractivity contribution in [2.24, 2.45) is 0 Å². The molecule has 0 atom stereocenters. The standard InChI is InChI=1S/C25H22N2OS2/c28-24(19-30-25-26-23(18-29-25)22-14-8-3-9-15-22)27(16-20-10-4-1-5-11-20)17-21-12-6-2-7-13-21/h1-15,18H,16-17,19H2. The summed E-state index contributed by atoms with van der Waals surface area (Å²) in [5, 5.41) is 2.05. The van der Waals surface area contributed by atoms with E-state index in [0.717, 1.165) is 26.7 Å². The Hall–Kier alpha value is -2.89. The lowest BCUT2D eigenvalue weighted by atomic mass is 10.1. The van der Waals surface area contributed by atoms with Crippen LogP contribution in [-0.2, 0) is 17.9 Å². The summed E-state index contributed by atoms with van der Waals surface area (Å²) >= 11 is 3.10. The predicted octanol–water partition coefficient (Wildman–Crippen LogP) is 6.13. The lowest BCUT2D eigenvalue weighted by Gasteiger charge is -2.23. The van der Waals surface area contributed by atoms with Crippen LogP contribution >= 0.6 is 23.1 Å². The van der Waals surface area contributed by atoms with Crippen molar-refractivity contribution < 1.29 is 4.79 Å². The van der Waals surface area contributed by atoms with Crippen LogP contribution in [-0.4, -0.2) is 21.5 Å². The Balaban J connectivity index is 1.43. The van der Waals surface area contributed by atoms with Crippen LogP contribution in [0.4, 0.5) is 0 Å². The van der Waals surface area contributed by atoms with E-state index in [9.17, 15) is 4.79 Å². The number of thioether (sulfide) groups is 1. The Kier molecular flexibility index (Phi) is 6.95. The van der Waals surface area contributed by atoms with Crippen LogP contribution in [0.15, 0.2) is 101 Å². The molecule has 4 rings (SSSR count). The maximum Gasteiger partial charge on any atom is 0.233 e. The smallest absolute Gasteiger partial charge is 0.233 e. The quantitative estimate of drug-likeness (QED) is 0.315. The molecule has 30 heavy (non-hydrogen) atoms. The molecule has 0 aliphatic carbocycles. The highest BCUT2D eigenvalue weighted by atomic mass is 32.2. The van der Waals surface area contributed by atoms with E-state index in [1.165, 1.54) is 11.8 Å². The van der Waals surface area contributed by atoms with Gasteiger partial charge in [-0.25, -0.2) is 4.98 Å². The molecule has 0 saturated carbocycles.